The van der Waals surface area contributed by atoms with E-state index in [-0.39, 0.29) is 11.2 Å². The minimum atomic E-state index is -0.325. The first kappa shape index (κ1) is 18.9. The molecule has 1 heterocycles. The van der Waals surface area contributed by atoms with Crippen LogP contribution in [-0.4, -0.2) is 30.9 Å². The van der Waals surface area contributed by atoms with Crippen LogP contribution in [0.25, 0.3) is 0 Å². The van der Waals surface area contributed by atoms with Crippen molar-refractivity contribution < 1.29 is 9.18 Å². The van der Waals surface area contributed by atoms with Crippen LogP contribution in [0.4, 0.5) is 10.1 Å². The number of carbonyl (C=O) groups is 1. The maximum absolute atomic E-state index is 13.4. The van der Waals surface area contributed by atoms with E-state index >= 15 is 0 Å². The molecule has 3 rings (SSSR count). The van der Waals surface area contributed by atoms with Gasteiger partial charge in [0.05, 0.1) is 0 Å². The number of nitrogens with zero attached hydrogens (tertiary/aromatic N) is 2. The molecular formula is C21H24ClFN2O. The number of anilines is 1. The summed E-state index contributed by atoms with van der Waals surface area (Å²) in [5.74, 6) is -0.325. The third-order valence-electron chi connectivity index (χ3n) is 5.16. The Kier molecular flexibility index (Phi) is 5.94. The van der Waals surface area contributed by atoms with Crippen molar-refractivity contribution in [3.8, 4) is 0 Å². The van der Waals surface area contributed by atoms with Gasteiger partial charge in [0, 0.05) is 30.3 Å². The van der Waals surface area contributed by atoms with Crippen LogP contribution in [-0.2, 0) is 11.3 Å². The van der Waals surface area contributed by atoms with Crippen LogP contribution >= 0.6 is 11.6 Å². The van der Waals surface area contributed by atoms with E-state index in [4.69, 9.17) is 11.6 Å². The molecule has 138 valence electrons. The summed E-state index contributed by atoms with van der Waals surface area (Å²) in [6.07, 6.45) is 2.76. The van der Waals surface area contributed by atoms with E-state index in [1.54, 1.807) is 17.0 Å². The average molecular weight is 375 g/mol. The Hall–Kier alpha value is -1.91. The number of rotatable bonds is 7. The molecular weight excluding hydrogens is 351 g/mol. The van der Waals surface area contributed by atoms with Crippen molar-refractivity contribution in [1.29, 1.82) is 0 Å². The van der Waals surface area contributed by atoms with Crippen molar-refractivity contribution in [2.75, 3.05) is 24.5 Å². The molecule has 0 spiro atoms. The van der Waals surface area contributed by atoms with Gasteiger partial charge in [-0.05, 0) is 60.7 Å². The molecule has 0 bridgehead atoms. The first-order chi connectivity index (χ1) is 12.5. The third-order valence-corrected chi connectivity index (χ3v) is 5.39. The van der Waals surface area contributed by atoms with Gasteiger partial charge in [-0.1, -0.05) is 36.7 Å². The maximum Gasteiger partial charge on any atom is 0.214 e. The fourth-order valence-corrected chi connectivity index (χ4v) is 3.86. The Morgan fingerprint density at radius 3 is 2.81 bits per heavy atom. The maximum atomic E-state index is 13.4. The molecule has 5 heteroatoms. The van der Waals surface area contributed by atoms with E-state index in [9.17, 15) is 9.18 Å². The van der Waals surface area contributed by atoms with E-state index in [1.165, 1.54) is 17.7 Å². The first-order valence-corrected chi connectivity index (χ1v) is 9.30. The van der Waals surface area contributed by atoms with Crippen molar-refractivity contribution in [3.63, 3.8) is 0 Å². The van der Waals surface area contributed by atoms with Crippen LogP contribution in [0.1, 0.15) is 25.3 Å². The minimum absolute atomic E-state index is 0.146. The zero-order valence-corrected chi connectivity index (χ0v) is 15.8. The van der Waals surface area contributed by atoms with E-state index < -0.39 is 0 Å². The van der Waals surface area contributed by atoms with E-state index in [0.717, 1.165) is 43.9 Å². The van der Waals surface area contributed by atoms with Gasteiger partial charge in [0.15, 0.2) is 0 Å². The number of likely N-dealkylation sites (tertiary alicyclic amines) is 1. The first-order valence-electron chi connectivity index (χ1n) is 8.92. The zero-order valence-electron chi connectivity index (χ0n) is 15.0. The molecule has 1 amide bonds. The van der Waals surface area contributed by atoms with Crippen LogP contribution in [0.3, 0.4) is 0 Å². The topological polar surface area (TPSA) is 23.6 Å². The van der Waals surface area contributed by atoms with Gasteiger partial charge >= 0.3 is 0 Å². The predicted octanol–water partition coefficient (Wildman–Crippen LogP) is 4.74. The molecule has 1 fully saturated rings. The third kappa shape index (κ3) is 4.83. The molecule has 0 aromatic heterocycles. The highest BCUT2D eigenvalue weighted by Crippen LogP contribution is 2.35. The summed E-state index contributed by atoms with van der Waals surface area (Å²) in [4.78, 5) is 15.5. The van der Waals surface area contributed by atoms with E-state index in [0.29, 0.717) is 12.2 Å². The summed E-state index contributed by atoms with van der Waals surface area (Å²) in [6.45, 7) is 5.75. The molecule has 1 saturated heterocycles. The molecule has 1 atom stereocenters. The highest BCUT2D eigenvalue weighted by Gasteiger charge is 2.33. The number of benzene rings is 2. The summed E-state index contributed by atoms with van der Waals surface area (Å²) >= 11 is 6.07. The van der Waals surface area contributed by atoms with Crippen LogP contribution < -0.4 is 4.90 Å². The molecule has 26 heavy (non-hydrogen) atoms. The van der Waals surface area contributed by atoms with Gasteiger partial charge in [0.1, 0.15) is 5.82 Å². The van der Waals surface area contributed by atoms with E-state index in [1.807, 2.05) is 18.2 Å². The zero-order chi connectivity index (χ0) is 18.6. The van der Waals surface area contributed by atoms with Crippen LogP contribution in [0.15, 0.2) is 48.5 Å². The molecule has 2 aromatic rings. The van der Waals surface area contributed by atoms with Crippen LogP contribution in [0, 0.1) is 11.2 Å². The lowest BCUT2D eigenvalue weighted by molar-refractivity contribution is -0.107. The van der Waals surface area contributed by atoms with Crippen LogP contribution in [0.5, 0.6) is 0 Å². The molecule has 0 radical (unpaired) electrons. The molecule has 3 nitrogen and oxygen atoms in total. The Labute approximate surface area is 159 Å². The number of hydrogen-bond acceptors (Lipinski definition) is 2. The number of hydrogen-bond donors (Lipinski definition) is 0. The normalized spacial score (nSPS) is 20.3. The van der Waals surface area contributed by atoms with Crippen molar-refractivity contribution in [2.45, 2.75) is 26.3 Å². The van der Waals surface area contributed by atoms with Gasteiger partial charge in [-0.3, -0.25) is 9.69 Å². The standard InChI is InChI=1S/C21H24ClFN2O/c1-21(9-11-25(16-26)20-7-3-6-19(23)13-20)8-10-24(15-21)14-17-4-2-5-18(22)12-17/h2-7,12-13,16H,8-11,14-15H2,1H3. The summed E-state index contributed by atoms with van der Waals surface area (Å²) in [5, 5.41) is 0.765. The molecule has 0 aliphatic carbocycles. The molecule has 1 aliphatic rings. The van der Waals surface area contributed by atoms with Gasteiger partial charge in [-0.15, -0.1) is 0 Å². The van der Waals surface area contributed by atoms with Gasteiger partial charge in [0.2, 0.25) is 6.41 Å². The van der Waals surface area contributed by atoms with Crippen molar-refractivity contribution >= 4 is 23.7 Å². The number of amides is 1. The fourth-order valence-electron chi connectivity index (χ4n) is 3.65. The lowest BCUT2D eigenvalue weighted by atomic mass is 9.86. The van der Waals surface area contributed by atoms with Crippen LogP contribution in [0.2, 0.25) is 5.02 Å². The summed E-state index contributed by atoms with van der Waals surface area (Å²) in [6, 6.07) is 14.2. The van der Waals surface area contributed by atoms with Gasteiger partial charge < -0.3 is 4.90 Å². The van der Waals surface area contributed by atoms with Gasteiger partial charge in [-0.2, -0.15) is 0 Å². The molecule has 1 aliphatic heterocycles. The lowest BCUT2D eigenvalue weighted by Crippen LogP contribution is -2.30. The Morgan fingerprint density at radius 1 is 1.27 bits per heavy atom. The Bertz CT molecular complexity index is 769. The predicted molar refractivity (Wildman–Crippen MR) is 104 cm³/mol. The van der Waals surface area contributed by atoms with Crippen molar-refractivity contribution in [1.82, 2.24) is 4.90 Å². The Balaban J connectivity index is 1.57. The smallest absolute Gasteiger partial charge is 0.214 e. The van der Waals surface area contributed by atoms with E-state index in [2.05, 4.69) is 17.9 Å². The Morgan fingerprint density at radius 2 is 2.08 bits per heavy atom. The lowest BCUT2D eigenvalue weighted by Gasteiger charge is -2.28. The largest absolute Gasteiger partial charge is 0.315 e. The monoisotopic (exact) mass is 374 g/mol. The summed E-state index contributed by atoms with van der Waals surface area (Å²) in [7, 11) is 0. The minimum Gasteiger partial charge on any atom is -0.315 e. The molecule has 1 unspecified atom stereocenters. The van der Waals surface area contributed by atoms with Gasteiger partial charge in [-0.25, -0.2) is 4.39 Å². The number of halogens is 2. The SMILES string of the molecule is CC1(CCN(C=O)c2cccc(F)c2)CCN(Cc2cccc(Cl)c2)C1. The quantitative estimate of drug-likeness (QED) is 0.653. The molecule has 2 aromatic carbocycles. The second kappa shape index (κ2) is 8.19. The number of carbonyl (C=O) groups excluding carboxylic acids is 1. The van der Waals surface area contributed by atoms with Gasteiger partial charge in [0.25, 0.3) is 0 Å². The van der Waals surface area contributed by atoms with Crippen molar-refractivity contribution in [3.05, 3.63) is 64.9 Å². The molecule has 0 saturated carbocycles. The summed E-state index contributed by atoms with van der Waals surface area (Å²) in [5.41, 5.74) is 1.97. The fraction of sp³-hybridized carbons (Fsp3) is 0.381. The molecule has 0 N–H and O–H groups in total. The highest BCUT2D eigenvalue weighted by molar-refractivity contribution is 6.30. The summed E-state index contributed by atoms with van der Waals surface area (Å²) < 4.78 is 13.4. The van der Waals surface area contributed by atoms with Crippen molar-refractivity contribution in [2.24, 2.45) is 5.41 Å². The highest BCUT2D eigenvalue weighted by atomic mass is 35.5. The average Bonchev–Trinajstić information content (AvgIpc) is 2.97. The second-order valence-corrected chi connectivity index (χ2v) is 7.87. The second-order valence-electron chi connectivity index (χ2n) is 7.43.